The van der Waals surface area contributed by atoms with Crippen LogP contribution < -0.4 is 15.4 Å². The minimum Gasteiger partial charge on any atom is -0.506 e. The summed E-state index contributed by atoms with van der Waals surface area (Å²) in [4.78, 5) is 10.5. The molecule has 0 unspecified atom stereocenters. The predicted molar refractivity (Wildman–Crippen MR) is 221 cm³/mol. The van der Waals surface area contributed by atoms with Crippen LogP contribution in [0, 0.1) is 23.2 Å². The minimum absolute atomic E-state index is 0.0381. The molecule has 8 atom stereocenters. The average Bonchev–Trinajstić information content (AvgIpc) is 3.50. The highest BCUT2D eigenvalue weighted by molar-refractivity contribution is 5.75. The molecule has 3 saturated carbocycles. The monoisotopic (exact) mass is 761 g/mol. The fraction of sp³-hybridized carbons (Fsp3) is 0.587. The lowest BCUT2D eigenvalue weighted by Gasteiger charge is -2.44. The number of amides is 1. The summed E-state index contributed by atoms with van der Waals surface area (Å²) in [6.07, 6.45) is 14.4. The van der Waals surface area contributed by atoms with Gasteiger partial charge in [0.1, 0.15) is 11.5 Å². The Kier molecular flexibility index (Phi) is 16.2. The highest BCUT2D eigenvalue weighted by Gasteiger charge is 2.50. The fourth-order valence-corrected chi connectivity index (χ4v) is 9.30. The van der Waals surface area contributed by atoms with Gasteiger partial charge < -0.3 is 40.9 Å². The first-order valence-corrected chi connectivity index (χ1v) is 20.3. The van der Waals surface area contributed by atoms with E-state index in [2.05, 4.69) is 43.2 Å². The number of benzene rings is 2. The van der Waals surface area contributed by atoms with Crippen LogP contribution in [-0.2, 0) is 11.2 Å². The van der Waals surface area contributed by atoms with Crippen molar-refractivity contribution in [2.45, 2.75) is 135 Å². The number of ether oxygens (including phenoxy) is 1. The van der Waals surface area contributed by atoms with E-state index in [9.17, 15) is 30.3 Å². The summed E-state index contributed by atoms with van der Waals surface area (Å²) >= 11 is 0. The first kappa shape index (κ1) is 44.2. The van der Waals surface area contributed by atoms with Gasteiger partial charge in [-0.1, -0.05) is 69.2 Å². The highest BCUT2D eigenvalue weighted by Crippen LogP contribution is 2.60. The Hall–Kier alpha value is -3.47. The number of aliphatic hydroxyl groups excluding tert-OH is 3. The lowest BCUT2D eigenvalue weighted by Crippen LogP contribution is -2.36. The van der Waals surface area contributed by atoms with E-state index < -0.39 is 23.9 Å². The van der Waals surface area contributed by atoms with E-state index in [1.165, 1.54) is 50.2 Å². The summed E-state index contributed by atoms with van der Waals surface area (Å²) < 4.78 is 5.14. The molecule has 2 aromatic rings. The van der Waals surface area contributed by atoms with Crippen molar-refractivity contribution in [1.29, 1.82) is 0 Å². The number of rotatable bonds is 15. The first-order valence-electron chi connectivity index (χ1n) is 20.3. The van der Waals surface area contributed by atoms with Crippen LogP contribution in [0.25, 0.3) is 0 Å². The number of nitrogens with one attached hydrogen (secondary N) is 2. The Morgan fingerprint density at radius 3 is 2.49 bits per heavy atom. The maximum absolute atomic E-state index is 10.5. The molecular weight excluding hydrogens is 693 g/mol. The average molecular weight is 761 g/mol. The fourth-order valence-electron chi connectivity index (χ4n) is 9.30. The van der Waals surface area contributed by atoms with Crippen LogP contribution >= 0.6 is 0 Å². The van der Waals surface area contributed by atoms with Crippen molar-refractivity contribution in [3.63, 3.8) is 0 Å². The van der Waals surface area contributed by atoms with Gasteiger partial charge in [0.25, 0.3) is 0 Å². The SMILES string of the molecule is C=C1/C(=C\C=C2/CCC[C@]3(C)[C@@H]([C@H](C)CCCC(C)(C)O)CC[C@@H]23)C[C@@H](O)C[C@@H]1O.COc1ccc(C[C@@H](C)NC[C@H](O)c2ccc(O)c(NC=O)c2)cc1. The molecule has 1 amide bonds. The van der Waals surface area contributed by atoms with Crippen LogP contribution in [0.5, 0.6) is 11.5 Å². The number of carbonyl (C=O) groups excluding carboxylic acids is 1. The Morgan fingerprint density at radius 1 is 1.09 bits per heavy atom. The molecule has 5 rings (SSSR count). The smallest absolute Gasteiger partial charge is 0.211 e. The van der Waals surface area contributed by atoms with Gasteiger partial charge in [-0.15, -0.1) is 0 Å². The number of carbonyl (C=O) groups is 1. The third kappa shape index (κ3) is 12.5. The third-order valence-corrected chi connectivity index (χ3v) is 12.4. The van der Waals surface area contributed by atoms with E-state index >= 15 is 0 Å². The number of hydrogen-bond donors (Lipinski definition) is 7. The Balaban J connectivity index is 0.000000249. The number of anilines is 1. The van der Waals surface area contributed by atoms with Gasteiger partial charge in [0, 0.05) is 19.0 Å². The molecule has 7 N–H and O–H groups in total. The minimum atomic E-state index is -0.744. The molecule has 3 aliphatic rings. The van der Waals surface area contributed by atoms with Crippen LogP contribution in [0.3, 0.4) is 0 Å². The van der Waals surface area contributed by atoms with Crippen LogP contribution in [0.4, 0.5) is 5.69 Å². The summed E-state index contributed by atoms with van der Waals surface area (Å²) in [5.41, 5.74) is 5.24. The molecule has 3 fully saturated rings. The molecule has 2 aromatic carbocycles. The van der Waals surface area contributed by atoms with E-state index in [0.717, 1.165) is 42.1 Å². The summed E-state index contributed by atoms with van der Waals surface area (Å²) in [7, 11) is 1.64. The lowest BCUT2D eigenvalue weighted by atomic mass is 9.60. The molecule has 9 heteroatoms. The number of fused-ring (bicyclic) bond motifs is 1. The van der Waals surface area contributed by atoms with Crippen LogP contribution in [0.15, 0.2) is 77.9 Å². The zero-order valence-corrected chi connectivity index (χ0v) is 34.1. The van der Waals surface area contributed by atoms with Gasteiger partial charge in [-0.2, -0.15) is 0 Å². The van der Waals surface area contributed by atoms with Crippen molar-refractivity contribution in [3.8, 4) is 11.5 Å². The molecule has 3 aliphatic carbocycles. The number of phenolic OH excluding ortho intramolecular Hbond substituents is 1. The van der Waals surface area contributed by atoms with E-state index in [1.807, 2.05) is 45.0 Å². The third-order valence-electron chi connectivity index (χ3n) is 12.4. The molecule has 0 saturated heterocycles. The molecule has 0 aromatic heterocycles. The molecule has 9 nitrogen and oxygen atoms in total. The lowest BCUT2D eigenvalue weighted by molar-refractivity contribution is -0.105. The Morgan fingerprint density at radius 2 is 1.82 bits per heavy atom. The van der Waals surface area contributed by atoms with Gasteiger partial charge in [0.2, 0.25) is 6.41 Å². The quantitative estimate of drug-likeness (QED) is 0.0715. The molecule has 0 radical (unpaired) electrons. The van der Waals surface area contributed by atoms with E-state index in [1.54, 1.807) is 24.8 Å². The molecular formula is C46H68N2O7. The number of aromatic hydroxyl groups is 1. The summed E-state index contributed by atoms with van der Waals surface area (Å²) in [6, 6.07) is 12.7. The molecule has 0 heterocycles. The number of phenols is 1. The first-order chi connectivity index (χ1) is 26.0. The largest absolute Gasteiger partial charge is 0.506 e. The van der Waals surface area contributed by atoms with Crippen molar-refractivity contribution in [2.75, 3.05) is 19.0 Å². The number of methoxy groups -OCH3 is 1. The summed E-state index contributed by atoms with van der Waals surface area (Å²) in [6.45, 7) is 15.2. The van der Waals surface area contributed by atoms with Crippen LogP contribution in [0.2, 0.25) is 0 Å². The van der Waals surface area contributed by atoms with Crippen LogP contribution in [-0.4, -0.2) is 69.4 Å². The van der Waals surface area contributed by atoms with Gasteiger partial charge in [0.05, 0.1) is 36.7 Å². The van der Waals surface area contributed by atoms with Crippen molar-refractivity contribution in [2.24, 2.45) is 23.2 Å². The van der Waals surface area contributed by atoms with Gasteiger partial charge in [-0.25, -0.2) is 0 Å². The van der Waals surface area contributed by atoms with Gasteiger partial charge in [-0.05, 0) is 142 Å². The standard InChI is InChI=1S/C27H44O3.C19H24N2O4/c1-18(8-6-14-26(3,4)30)23-12-13-24-20(9-7-15-27(23,24)5)10-11-21-16-22(28)17-25(29)19(21)2;1-13(9-14-3-6-16(25-2)7-4-14)20-11-19(24)15-5-8-18(23)17(10-15)21-12-22/h10-11,18,22-25,28-30H,2,6-9,12-17H2,1,3-5H3;3-8,10,12-13,19-20,23-24H,9,11H2,1-2H3,(H,21,22)/b20-10+,21-11-;/t18-,22-,23-,24+,25+,27-;13-,19+/m11/s1. The van der Waals surface area contributed by atoms with Crippen molar-refractivity contribution in [1.82, 2.24) is 5.32 Å². The Labute approximate surface area is 329 Å². The molecule has 304 valence electrons. The van der Waals surface area contributed by atoms with E-state index in [0.29, 0.717) is 48.6 Å². The second-order valence-corrected chi connectivity index (χ2v) is 17.3. The zero-order valence-electron chi connectivity index (χ0n) is 34.1. The second-order valence-electron chi connectivity index (χ2n) is 17.3. The zero-order chi connectivity index (χ0) is 40.3. The molecule has 0 spiro atoms. The maximum atomic E-state index is 10.5. The molecule has 0 bridgehead atoms. The van der Waals surface area contributed by atoms with E-state index in [-0.39, 0.29) is 17.5 Å². The number of allylic oxidation sites excluding steroid dienone is 3. The van der Waals surface area contributed by atoms with Crippen molar-refractivity contribution < 1.29 is 35.1 Å². The van der Waals surface area contributed by atoms with Crippen LogP contribution in [0.1, 0.15) is 116 Å². The molecule has 0 aliphatic heterocycles. The summed E-state index contributed by atoms with van der Waals surface area (Å²) in [5, 5.41) is 55.8. The van der Waals surface area contributed by atoms with Gasteiger partial charge in [-0.3, -0.25) is 4.79 Å². The van der Waals surface area contributed by atoms with E-state index in [4.69, 9.17) is 4.74 Å². The molecule has 55 heavy (non-hydrogen) atoms. The van der Waals surface area contributed by atoms with Gasteiger partial charge >= 0.3 is 0 Å². The van der Waals surface area contributed by atoms with Crippen molar-refractivity contribution >= 4 is 12.1 Å². The maximum Gasteiger partial charge on any atom is 0.211 e. The predicted octanol–water partition coefficient (Wildman–Crippen LogP) is 7.93. The highest BCUT2D eigenvalue weighted by atomic mass is 16.5. The van der Waals surface area contributed by atoms with Gasteiger partial charge in [0.15, 0.2) is 0 Å². The second kappa shape index (κ2) is 20.1. The number of hydrogen-bond acceptors (Lipinski definition) is 8. The summed E-state index contributed by atoms with van der Waals surface area (Å²) in [5.74, 6) is 2.89. The topological polar surface area (TPSA) is 152 Å². The number of aliphatic hydroxyl groups is 4. The normalized spacial score (nSPS) is 27.1. The van der Waals surface area contributed by atoms with Crippen molar-refractivity contribution in [3.05, 3.63) is 89.0 Å². The Bertz CT molecular complexity index is 1610.